The Balaban J connectivity index is 2.03. The number of carbonyl (C=O) groups is 2. The first-order valence-corrected chi connectivity index (χ1v) is 6.12. The Kier molecular flexibility index (Phi) is 4.04. The fourth-order valence-corrected chi connectivity index (χ4v) is 1.92. The smallest absolute Gasteiger partial charge is 0.322 e. The van der Waals surface area contributed by atoms with Gasteiger partial charge in [-0.2, -0.15) is 0 Å². The average molecular weight is 268 g/mol. The van der Waals surface area contributed by atoms with Crippen molar-refractivity contribution in [1.82, 2.24) is 10.2 Å². The first-order valence-electron chi connectivity index (χ1n) is 5.74. The lowest BCUT2D eigenvalue weighted by Crippen LogP contribution is -2.39. The molecule has 2 N–H and O–H groups in total. The number of hydrogen-bond donors (Lipinski definition) is 2. The zero-order chi connectivity index (χ0) is 13.0. The minimum absolute atomic E-state index is 0.0796. The van der Waals surface area contributed by atoms with Gasteiger partial charge in [-0.1, -0.05) is 23.7 Å². The van der Waals surface area contributed by atoms with Crippen LogP contribution in [0.2, 0.25) is 5.02 Å². The lowest BCUT2D eigenvalue weighted by Gasteiger charge is -2.19. The van der Waals surface area contributed by atoms with Crippen LogP contribution in [0.25, 0.3) is 0 Å². The molecule has 5 nitrogen and oxygen atoms in total. The molecule has 1 aromatic rings. The van der Waals surface area contributed by atoms with Crippen molar-refractivity contribution < 1.29 is 9.59 Å². The van der Waals surface area contributed by atoms with Crippen LogP contribution in [0.4, 0.5) is 10.5 Å². The van der Waals surface area contributed by atoms with Gasteiger partial charge >= 0.3 is 6.03 Å². The highest BCUT2D eigenvalue weighted by atomic mass is 35.5. The van der Waals surface area contributed by atoms with E-state index in [0.717, 1.165) is 6.42 Å². The summed E-state index contributed by atoms with van der Waals surface area (Å²) in [6.07, 6.45) is 0.752. The van der Waals surface area contributed by atoms with E-state index in [2.05, 4.69) is 10.6 Å². The molecule has 0 bridgehead atoms. The van der Waals surface area contributed by atoms with Gasteiger partial charge in [0, 0.05) is 13.1 Å². The number of nitrogens with zero attached hydrogens (tertiary/aromatic N) is 1. The second-order valence-corrected chi connectivity index (χ2v) is 4.44. The van der Waals surface area contributed by atoms with Crippen LogP contribution >= 0.6 is 11.6 Å². The third-order valence-corrected chi connectivity index (χ3v) is 2.99. The molecule has 6 heteroatoms. The van der Waals surface area contributed by atoms with Gasteiger partial charge in [0.25, 0.3) is 0 Å². The minimum Gasteiger partial charge on any atom is -0.354 e. The summed E-state index contributed by atoms with van der Waals surface area (Å²) in [4.78, 5) is 24.8. The second-order valence-electron chi connectivity index (χ2n) is 4.04. The predicted molar refractivity (Wildman–Crippen MR) is 69.7 cm³/mol. The third kappa shape index (κ3) is 3.13. The maximum atomic E-state index is 12.0. The lowest BCUT2D eigenvalue weighted by molar-refractivity contribution is -0.120. The molecule has 0 saturated carbocycles. The van der Waals surface area contributed by atoms with E-state index in [9.17, 15) is 9.59 Å². The van der Waals surface area contributed by atoms with Gasteiger partial charge in [-0.3, -0.25) is 4.79 Å². The molecule has 0 aromatic heterocycles. The zero-order valence-electron chi connectivity index (χ0n) is 9.78. The molecule has 1 fully saturated rings. The number of urea groups is 1. The monoisotopic (exact) mass is 267 g/mol. The summed E-state index contributed by atoms with van der Waals surface area (Å²) in [5, 5.41) is 5.90. The molecule has 96 valence electrons. The zero-order valence-corrected chi connectivity index (χ0v) is 10.5. The molecule has 0 atom stereocenters. The third-order valence-electron chi connectivity index (χ3n) is 2.66. The Labute approximate surface area is 110 Å². The van der Waals surface area contributed by atoms with E-state index >= 15 is 0 Å². The summed E-state index contributed by atoms with van der Waals surface area (Å²) >= 11 is 5.96. The quantitative estimate of drug-likeness (QED) is 0.813. The van der Waals surface area contributed by atoms with E-state index in [-0.39, 0.29) is 18.5 Å². The summed E-state index contributed by atoms with van der Waals surface area (Å²) < 4.78 is 0. The average Bonchev–Trinajstić information content (AvgIpc) is 2.57. The highest BCUT2D eigenvalue weighted by molar-refractivity contribution is 6.33. The van der Waals surface area contributed by atoms with Crippen LogP contribution in [0, 0.1) is 0 Å². The van der Waals surface area contributed by atoms with Crippen molar-refractivity contribution in [3.05, 3.63) is 29.3 Å². The summed E-state index contributed by atoms with van der Waals surface area (Å²) in [6.45, 7) is 1.24. The highest BCUT2D eigenvalue weighted by Gasteiger charge is 2.19. The molecule has 0 radical (unpaired) electrons. The van der Waals surface area contributed by atoms with Crippen molar-refractivity contribution in [2.45, 2.75) is 6.42 Å². The standard InChI is InChI=1S/C12H14ClN3O2/c13-9-4-1-2-5-10(9)15-12(18)16-7-3-6-14-11(17)8-16/h1-2,4-5H,3,6-8H2,(H,14,17)(H,15,18). The van der Waals surface area contributed by atoms with Crippen LogP contribution in [0.1, 0.15) is 6.42 Å². The van der Waals surface area contributed by atoms with E-state index in [0.29, 0.717) is 23.8 Å². The molecule has 18 heavy (non-hydrogen) atoms. The number of anilines is 1. The van der Waals surface area contributed by atoms with Crippen molar-refractivity contribution >= 4 is 29.2 Å². The fourth-order valence-electron chi connectivity index (χ4n) is 1.74. The van der Waals surface area contributed by atoms with E-state index < -0.39 is 0 Å². The Morgan fingerprint density at radius 3 is 2.94 bits per heavy atom. The molecule has 0 spiro atoms. The van der Waals surface area contributed by atoms with Crippen molar-refractivity contribution in [3.8, 4) is 0 Å². The molecule has 1 aromatic carbocycles. The Hall–Kier alpha value is -1.75. The van der Waals surface area contributed by atoms with Crippen LogP contribution in [-0.2, 0) is 4.79 Å². The highest BCUT2D eigenvalue weighted by Crippen LogP contribution is 2.20. The molecule has 1 heterocycles. The van der Waals surface area contributed by atoms with E-state index in [4.69, 9.17) is 11.6 Å². The molecule has 1 saturated heterocycles. The molecular weight excluding hydrogens is 254 g/mol. The van der Waals surface area contributed by atoms with Crippen molar-refractivity contribution in [2.75, 3.05) is 25.0 Å². The van der Waals surface area contributed by atoms with Crippen molar-refractivity contribution in [1.29, 1.82) is 0 Å². The molecule has 1 aliphatic rings. The Morgan fingerprint density at radius 1 is 1.39 bits per heavy atom. The number of halogens is 1. The molecular formula is C12H14ClN3O2. The molecule has 3 amide bonds. The maximum absolute atomic E-state index is 12.0. The van der Waals surface area contributed by atoms with Crippen molar-refractivity contribution in [3.63, 3.8) is 0 Å². The SMILES string of the molecule is O=C1CN(C(=O)Nc2ccccc2Cl)CCCN1. The number of carbonyl (C=O) groups excluding carboxylic acids is 2. The largest absolute Gasteiger partial charge is 0.354 e. The summed E-state index contributed by atoms with van der Waals surface area (Å²) in [5.41, 5.74) is 0.550. The van der Waals surface area contributed by atoms with Gasteiger partial charge in [0.2, 0.25) is 5.91 Å². The first-order chi connectivity index (χ1) is 8.66. The van der Waals surface area contributed by atoms with Gasteiger partial charge in [-0.15, -0.1) is 0 Å². The summed E-state index contributed by atoms with van der Waals surface area (Å²) in [5.74, 6) is -0.137. The van der Waals surface area contributed by atoms with Crippen LogP contribution in [-0.4, -0.2) is 36.5 Å². The van der Waals surface area contributed by atoms with Gasteiger partial charge in [0.15, 0.2) is 0 Å². The van der Waals surface area contributed by atoms with E-state index in [1.807, 2.05) is 0 Å². The predicted octanol–water partition coefficient (Wildman–Crippen LogP) is 1.69. The Bertz CT molecular complexity index is 464. The van der Waals surface area contributed by atoms with Gasteiger partial charge < -0.3 is 15.5 Å². The number of hydrogen-bond acceptors (Lipinski definition) is 2. The van der Waals surface area contributed by atoms with Crippen LogP contribution in [0.3, 0.4) is 0 Å². The van der Waals surface area contributed by atoms with Gasteiger partial charge in [0.1, 0.15) is 6.54 Å². The van der Waals surface area contributed by atoms with Gasteiger partial charge in [0.05, 0.1) is 10.7 Å². The molecule has 2 rings (SSSR count). The van der Waals surface area contributed by atoms with E-state index in [1.165, 1.54) is 4.90 Å². The number of rotatable bonds is 1. The number of amides is 3. The lowest BCUT2D eigenvalue weighted by atomic mass is 10.3. The normalized spacial score (nSPS) is 15.8. The molecule has 1 aliphatic heterocycles. The maximum Gasteiger partial charge on any atom is 0.322 e. The van der Waals surface area contributed by atoms with Gasteiger partial charge in [-0.25, -0.2) is 4.79 Å². The first kappa shape index (κ1) is 12.7. The number of nitrogens with one attached hydrogen (secondary N) is 2. The Morgan fingerprint density at radius 2 is 2.17 bits per heavy atom. The minimum atomic E-state index is -0.305. The van der Waals surface area contributed by atoms with Crippen LogP contribution in [0.15, 0.2) is 24.3 Å². The van der Waals surface area contributed by atoms with Crippen LogP contribution in [0.5, 0.6) is 0 Å². The number of para-hydroxylation sites is 1. The molecule has 0 aliphatic carbocycles. The topological polar surface area (TPSA) is 61.4 Å². The summed E-state index contributed by atoms with van der Waals surface area (Å²) in [7, 11) is 0. The van der Waals surface area contributed by atoms with Gasteiger partial charge in [-0.05, 0) is 18.6 Å². The summed E-state index contributed by atoms with van der Waals surface area (Å²) in [6, 6.07) is 6.69. The van der Waals surface area contributed by atoms with Crippen molar-refractivity contribution in [2.24, 2.45) is 0 Å². The molecule has 0 unspecified atom stereocenters. The van der Waals surface area contributed by atoms with E-state index in [1.54, 1.807) is 24.3 Å². The fraction of sp³-hybridized carbons (Fsp3) is 0.333. The number of benzene rings is 1. The van der Waals surface area contributed by atoms with Crippen LogP contribution < -0.4 is 10.6 Å². The second kappa shape index (κ2) is 5.73.